The van der Waals surface area contributed by atoms with E-state index in [2.05, 4.69) is 35.8 Å². The number of ether oxygens (including phenoxy) is 1. The number of para-hydroxylation sites is 1. The van der Waals surface area contributed by atoms with Gasteiger partial charge in [-0.1, -0.05) is 18.2 Å². The number of nitrogens with zero attached hydrogens (tertiary/aromatic N) is 3. The van der Waals surface area contributed by atoms with Crippen LogP contribution < -0.4 is 9.64 Å². The number of anilines is 1. The molecule has 0 radical (unpaired) electrons. The molecular formula is C28H37N3O4S. The van der Waals surface area contributed by atoms with Crippen molar-refractivity contribution in [2.45, 2.75) is 44.4 Å². The number of phenolic OH excluding ortho intramolecular Hbond substituents is 1. The van der Waals surface area contributed by atoms with Crippen molar-refractivity contribution in [2.24, 2.45) is 5.92 Å². The molecular weight excluding hydrogens is 474 g/mol. The number of rotatable bonds is 7. The summed E-state index contributed by atoms with van der Waals surface area (Å²) >= 11 is 0. The van der Waals surface area contributed by atoms with E-state index >= 15 is 0 Å². The second kappa shape index (κ2) is 10.3. The van der Waals surface area contributed by atoms with Crippen LogP contribution in [0.15, 0.2) is 42.6 Å². The van der Waals surface area contributed by atoms with Crippen molar-refractivity contribution >= 4 is 27.3 Å². The van der Waals surface area contributed by atoms with E-state index in [1.807, 2.05) is 30.3 Å². The Balaban J connectivity index is 1.87. The van der Waals surface area contributed by atoms with Crippen LogP contribution in [0.5, 0.6) is 11.5 Å². The molecule has 1 aromatic heterocycles. The van der Waals surface area contributed by atoms with Crippen molar-refractivity contribution in [3.8, 4) is 22.6 Å². The van der Waals surface area contributed by atoms with Gasteiger partial charge in [0.25, 0.3) is 0 Å². The van der Waals surface area contributed by atoms with Crippen LogP contribution in [-0.2, 0) is 15.5 Å². The SMILES string of the molecule is COc1cccc(-c2ccc3ncc(C(C)(C)[SH](=O)=O)c(N4CCC(C(C)N(C)C)CC4)c3c2)c1O. The molecule has 194 valence electrons. The summed E-state index contributed by atoms with van der Waals surface area (Å²) in [5.41, 5.74) is 3.89. The molecule has 2 heterocycles. The Bertz CT molecular complexity index is 1320. The molecule has 1 fully saturated rings. The Morgan fingerprint density at radius 1 is 1.17 bits per heavy atom. The number of piperidine rings is 1. The van der Waals surface area contributed by atoms with E-state index in [-0.39, 0.29) is 5.75 Å². The summed E-state index contributed by atoms with van der Waals surface area (Å²) in [4.78, 5) is 9.25. The smallest absolute Gasteiger partial charge is 0.165 e. The molecule has 1 atom stereocenters. The Labute approximate surface area is 215 Å². The predicted molar refractivity (Wildman–Crippen MR) is 147 cm³/mol. The van der Waals surface area contributed by atoms with Crippen LogP contribution in [0.1, 0.15) is 39.2 Å². The molecule has 3 aromatic rings. The zero-order valence-corrected chi connectivity index (χ0v) is 22.9. The summed E-state index contributed by atoms with van der Waals surface area (Å²) in [7, 11) is 3.03. The molecule has 0 saturated carbocycles. The zero-order valence-electron chi connectivity index (χ0n) is 22.0. The van der Waals surface area contributed by atoms with Crippen LogP contribution in [0.3, 0.4) is 0 Å². The van der Waals surface area contributed by atoms with Gasteiger partial charge in [0.1, 0.15) is 10.7 Å². The molecule has 4 rings (SSSR count). The summed E-state index contributed by atoms with van der Waals surface area (Å²) < 4.78 is 28.9. The lowest BCUT2D eigenvalue weighted by Crippen LogP contribution is -2.42. The first-order chi connectivity index (χ1) is 17.1. The minimum Gasteiger partial charge on any atom is -0.504 e. The Morgan fingerprint density at radius 3 is 2.47 bits per heavy atom. The first kappa shape index (κ1) is 26.2. The highest BCUT2D eigenvalue weighted by atomic mass is 32.2. The van der Waals surface area contributed by atoms with E-state index in [9.17, 15) is 13.5 Å². The fraction of sp³-hybridized carbons (Fsp3) is 0.464. The van der Waals surface area contributed by atoms with Gasteiger partial charge in [-0.25, -0.2) is 8.42 Å². The molecule has 7 nitrogen and oxygen atoms in total. The van der Waals surface area contributed by atoms with Gasteiger partial charge < -0.3 is 19.6 Å². The number of phenols is 1. The lowest BCUT2D eigenvalue weighted by molar-refractivity contribution is 0.199. The maximum absolute atomic E-state index is 12.4. The third-order valence-electron chi connectivity index (χ3n) is 7.84. The van der Waals surface area contributed by atoms with Crippen LogP contribution in [0.25, 0.3) is 22.0 Å². The topological polar surface area (TPSA) is 83.0 Å². The second-order valence-electron chi connectivity index (χ2n) is 10.5. The number of hydrogen-bond acceptors (Lipinski definition) is 7. The van der Waals surface area contributed by atoms with Crippen molar-refractivity contribution in [3.05, 3.63) is 48.2 Å². The highest BCUT2D eigenvalue weighted by Crippen LogP contribution is 2.43. The molecule has 0 bridgehead atoms. The number of benzene rings is 2. The van der Waals surface area contributed by atoms with E-state index in [0.29, 0.717) is 28.8 Å². The van der Waals surface area contributed by atoms with E-state index in [1.54, 1.807) is 26.1 Å². The number of methoxy groups -OCH3 is 1. The van der Waals surface area contributed by atoms with Crippen LogP contribution in [-0.4, -0.2) is 63.7 Å². The molecule has 0 aliphatic carbocycles. The van der Waals surface area contributed by atoms with Crippen LogP contribution >= 0.6 is 0 Å². The Morgan fingerprint density at radius 2 is 1.86 bits per heavy atom. The van der Waals surface area contributed by atoms with Crippen LogP contribution in [0.4, 0.5) is 5.69 Å². The molecule has 1 N–H and O–H groups in total. The third kappa shape index (κ3) is 4.76. The quantitative estimate of drug-likeness (QED) is 0.448. The molecule has 1 aliphatic rings. The van der Waals surface area contributed by atoms with Gasteiger partial charge in [-0.15, -0.1) is 0 Å². The van der Waals surface area contributed by atoms with E-state index in [4.69, 9.17) is 4.74 Å². The average molecular weight is 512 g/mol. The van der Waals surface area contributed by atoms with E-state index < -0.39 is 15.5 Å². The Kier molecular flexibility index (Phi) is 7.48. The third-order valence-corrected chi connectivity index (χ3v) is 8.99. The van der Waals surface area contributed by atoms with Gasteiger partial charge in [-0.2, -0.15) is 0 Å². The van der Waals surface area contributed by atoms with Gasteiger partial charge in [0.05, 0.1) is 23.1 Å². The first-order valence-corrected chi connectivity index (χ1v) is 13.6. The van der Waals surface area contributed by atoms with Gasteiger partial charge >= 0.3 is 0 Å². The number of aromatic hydroxyl groups is 1. The molecule has 1 unspecified atom stereocenters. The molecule has 0 amide bonds. The summed E-state index contributed by atoms with van der Waals surface area (Å²) in [6.07, 6.45) is 3.78. The monoisotopic (exact) mass is 511 g/mol. The molecule has 1 aliphatic heterocycles. The average Bonchev–Trinajstić information content (AvgIpc) is 2.87. The van der Waals surface area contributed by atoms with E-state index in [1.165, 1.54) is 7.11 Å². The van der Waals surface area contributed by atoms with Gasteiger partial charge in [0, 0.05) is 41.8 Å². The number of fused-ring (bicyclic) bond motifs is 1. The normalized spacial score (nSPS) is 16.2. The highest BCUT2D eigenvalue weighted by molar-refractivity contribution is 7.73. The Hall–Kier alpha value is -2.84. The first-order valence-electron chi connectivity index (χ1n) is 12.4. The number of thiol groups is 1. The maximum atomic E-state index is 12.4. The van der Waals surface area contributed by atoms with Crippen molar-refractivity contribution in [1.29, 1.82) is 0 Å². The predicted octanol–water partition coefficient (Wildman–Crippen LogP) is 4.63. The standard InChI is InChI=1S/C28H37N3O4S/c1-18(30(4)5)19-12-14-31(15-13-19)26-22-16-20(21-8-7-9-25(35-6)27(21)32)10-11-24(22)29-17-23(26)28(2,3)36(33)34/h7-11,16-19,32,36H,12-15H2,1-6H3. The van der Waals surface area contributed by atoms with Gasteiger partial charge in [0.15, 0.2) is 11.5 Å². The number of aromatic nitrogens is 1. The lowest BCUT2D eigenvalue weighted by Gasteiger charge is -2.40. The molecule has 1 saturated heterocycles. The minimum absolute atomic E-state index is 0.0754. The van der Waals surface area contributed by atoms with Crippen molar-refractivity contribution in [1.82, 2.24) is 9.88 Å². The summed E-state index contributed by atoms with van der Waals surface area (Å²) in [6, 6.07) is 11.8. The summed E-state index contributed by atoms with van der Waals surface area (Å²) in [5.74, 6) is 1.06. The zero-order chi connectivity index (χ0) is 26.2. The van der Waals surface area contributed by atoms with Crippen molar-refractivity contribution < 1.29 is 18.3 Å². The summed E-state index contributed by atoms with van der Waals surface area (Å²) in [5, 5.41) is 11.7. The second-order valence-corrected chi connectivity index (χ2v) is 12.1. The largest absolute Gasteiger partial charge is 0.504 e. The molecule has 2 aromatic carbocycles. The lowest BCUT2D eigenvalue weighted by atomic mass is 9.88. The fourth-order valence-electron chi connectivity index (χ4n) is 5.18. The van der Waals surface area contributed by atoms with Gasteiger partial charge in [-0.3, -0.25) is 4.98 Å². The highest BCUT2D eigenvalue weighted by Gasteiger charge is 2.33. The molecule has 36 heavy (non-hydrogen) atoms. The number of pyridine rings is 1. The maximum Gasteiger partial charge on any atom is 0.165 e. The fourth-order valence-corrected chi connectivity index (χ4v) is 5.54. The summed E-state index contributed by atoms with van der Waals surface area (Å²) in [6.45, 7) is 7.43. The van der Waals surface area contributed by atoms with Gasteiger partial charge in [-0.05, 0) is 77.4 Å². The van der Waals surface area contributed by atoms with Crippen LogP contribution in [0.2, 0.25) is 0 Å². The van der Waals surface area contributed by atoms with Crippen molar-refractivity contribution in [2.75, 3.05) is 39.2 Å². The van der Waals surface area contributed by atoms with Crippen LogP contribution in [0, 0.1) is 5.92 Å². The molecule has 0 spiro atoms. The minimum atomic E-state index is -2.73. The van der Waals surface area contributed by atoms with Gasteiger partial charge in [0.2, 0.25) is 0 Å². The number of hydrogen-bond donors (Lipinski definition) is 2. The van der Waals surface area contributed by atoms with Crippen molar-refractivity contribution in [3.63, 3.8) is 0 Å². The van der Waals surface area contributed by atoms with E-state index in [0.717, 1.165) is 48.1 Å². The molecule has 8 heteroatoms.